The van der Waals surface area contributed by atoms with E-state index in [9.17, 15) is 5.11 Å². The number of rotatable bonds is 6. The van der Waals surface area contributed by atoms with Gasteiger partial charge in [0.15, 0.2) is 0 Å². The lowest BCUT2D eigenvalue weighted by Crippen LogP contribution is -2.36. The molecule has 0 aromatic heterocycles. The van der Waals surface area contributed by atoms with Crippen molar-refractivity contribution in [3.05, 3.63) is 35.9 Å². The van der Waals surface area contributed by atoms with Gasteiger partial charge in [-0.3, -0.25) is 0 Å². The summed E-state index contributed by atoms with van der Waals surface area (Å²) in [5.41, 5.74) is 1.35. The Morgan fingerprint density at radius 1 is 1.21 bits per heavy atom. The quantitative estimate of drug-likeness (QED) is 0.823. The predicted octanol–water partition coefficient (Wildman–Crippen LogP) is 2.93. The maximum absolute atomic E-state index is 9.27. The molecule has 0 aliphatic heterocycles. The molecule has 104 valence electrons. The summed E-state index contributed by atoms with van der Waals surface area (Å²) in [5, 5.41) is 13.1. The molecule has 0 amide bonds. The van der Waals surface area contributed by atoms with E-state index in [2.05, 4.69) is 35.6 Å². The summed E-state index contributed by atoms with van der Waals surface area (Å²) in [4.78, 5) is 0. The van der Waals surface area contributed by atoms with Gasteiger partial charge in [-0.2, -0.15) is 0 Å². The van der Waals surface area contributed by atoms with Crippen LogP contribution in [-0.4, -0.2) is 24.3 Å². The lowest BCUT2D eigenvalue weighted by molar-refractivity contribution is 0.267. The molecule has 3 rings (SSSR count). The molecule has 2 N–H and O–H groups in total. The van der Waals surface area contributed by atoms with E-state index >= 15 is 0 Å². The second kappa shape index (κ2) is 6.06. The van der Waals surface area contributed by atoms with Gasteiger partial charge < -0.3 is 10.4 Å². The molecule has 1 aromatic carbocycles. The van der Waals surface area contributed by atoms with Gasteiger partial charge in [0.25, 0.3) is 0 Å². The molecule has 2 fully saturated rings. The minimum Gasteiger partial charge on any atom is -0.396 e. The van der Waals surface area contributed by atoms with Crippen molar-refractivity contribution >= 4 is 0 Å². The van der Waals surface area contributed by atoms with Crippen LogP contribution in [0.25, 0.3) is 0 Å². The Bertz CT molecular complexity index is 392. The van der Waals surface area contributed by atoms with Gasteiger partial charge in [0, 0.05) is 19.2 Å². The van der Waals surface area contributed by atoms with Crippen LogP contribution in [0.15, 0.2) is 30.3 Å². The van der Waals surface area contributed by atoms with Crippen LogP contribution < -0.4 is 5.32 Å². The van der Waals surface area contributed by atoms with Crippen molar-refractivity contribution in [3.8, 4) is 0 Å². The number of nitrogens with one attached hydrogen (secondary N) is 1. The van der Waals surface area contributed by atoms with Crippen molar-refractivity contribution in [2.45, 2.75) is 44.1 Å². The molecule has 2 unspecified atom stereocenters. The van der Waals surface area contributed by atoms with Crippen molar-refractivity contribution in [3.63, 3.8) is 0 Å². The standard InChI is InChI=1S/C17H25NO/c19-10-9-15(13-5-2-1-3-6-13)12-18-17-8-4-7-14-11-16(14)17/h1-3,5-6,14-19H,4,7-12H2/t14-,15?,16+,17?/m1/s1. The van der Waals surface area contributed by atoms with Crippen LogP contribution in [0.3, 0.4) is 0 Å². The molecule has 2 heteroatoms. The maximum Gasteiger partial charge on any atom is 0.0437 e. The number of hydrogen-bond acceptors (Lipinski definition) is 2. The SMILES string of the molecule is OCCC(CNC1CCC[C@@H]2C[C@H]12)c1ccccc1. The number of hydrogen-bond donors (Lipinski definition) is 2. The number of fused-ring (bicyclic) bond motifs is 1. The van der Waals surface area contributed by atoms with Gasteiger partial charge in [0.05, 0.1) is 0 Å². The molecule has 2 aliphatic rings. The van der Waals surface area contributed by atoms with Crippen molar-refractivity contribution in [1.29, 1.82) is 0 Å². The van der Waals surface area contributed by atoms with Gasteiger partial charge in [-0.15, -0.1) is 0 Å². The molecule has 2 nitrogen and oxygen atoms in total. The zero-order valence-electron chi connectivity index (χ0n) is 11.6. The van der Waals surface area contributed by atoms with E-state index in [1.165, 1.54) is 31.2 Å². The van der Waals surface area contributed by atoms with E-state index in [0.717, 1.165) is 30.8 Å². The molecule has 2 saturated carbocycles. The van der Waals surface area contributed by atoms with E-state index < -0.39 is 0 Å². The first-order valence-electron chi connectivity index (χ1n) is 7.77. The van der Waals surface area contributed by atoms with Crippen molar-refractivity contribution < 1.29 is 5.11 Å². The Morgan fingerprint density at radius 3 is 2.84 bits per heavy atom. The van der Waals surface area contributed by atoms with Crippen LogP contribution >= 0.6 is 0 Å². The lowest BCUT2D eigenvalue weighted by Gasteiger charge is -2.26. The molecule has 0 radical (unpaired) electrons. The Labute approximate surface area is 116 Å². The highest BCUT2D eigenvalue weighted by Crippen LogP contribution is 2.49. The topological polar surface area (TPSA) is 32.3 Å². The van der Waals surface area contributed by atoms with Gasteiger partial charge >= 0.3 is 0 Å². The first kappa shape index (κ1) is 13.1. The number of aliphatic hydroxyl groups excluding tert-OH is 1. The van der Waals surface area contributed by atoms with Crippen molar-refractivity contribution in [1.82, 2.24) is 5.32 Å². The summed E-state index contributed by atoms with van der Waals surface area (Å²) < 4.78 is 0. The fraction of sp³-hybridized carbons (Fsp3) is 0.647. The highest BCUT2D eigenvalue weighted by molar-refractivity contribution is 5.20. The average Bonchev–Trinajstić information content (AvgIpc) is 3.24. The van der Waals surface area contributed by atoms with Crippen LogP contribution in [-0.2, 0) is 0 Å². The fourth-order valence-electron chi connectivity index (χ4n) is 3.72. The maximum atomic E-state index is 9.27. The van der Waals surface area contributed by atoms with E-state index in [1.807, 2.05) is 0 Å². The van der Waals surface area contributed by atoms with E-state index in [0.29, 0.717) is 5.92 Å². The molecule has 19 heavy (non-hydrogen) atoms. The van der Waals surface area contributed by atoms with Crippen LogP contribution in [0.4, 0.5) is 0 Å². The minimum atomic E-state index is 0.276. The van der Waals surface area contributed by atoms with Crippen LogP contribution in [0.1, 0.15) is 43.6 Å². The van der Waals surface area contributed by atoms with Crippen molar-refractivity contribution in [2.24, 2.45) is 11.8 Å². The molecule has 2 aliphatic carbocycles. The van der Waals surface area contributed by atoms with Gasteiger partial charge in [0.1, 0.15) is 0 Å². The molecule has 0 spiro atoms. The fourth-order valence-corrected chi connectivity index (χ4v) is 3.72. The molecule has 1 aromatic rings. The number of benzene rings is 1. The summed E-state index contributed by atoms with van der Waals surface area (Å²) in [6, 6.07) is 11.4. The minimum absolute atomic E-state index is 0.276. The largest absolute Gasteiger partial charge is 0.396 e. The summed E-state index contributed by atoms with van der Waals surface area (Å²) in [5.74, 6) is 2.43. The molecule has 4 atom stereocenters. The number of aliphatic hydroxyl groups is 1. The van der Waals surface area contributed by atoms with Gasteiger partial charge in [-0.25, -0.2) is 0 Å². The van der Waals surface area contributed by atoms with Crippen LogP contribution in [0, 0.1) is 11.8 Å². The second-order valence-electron chi connectivity index (χ2n) is 6.23. The average molecular weight is 259 g/mol. The molecule has 0 heterocycles. The first-order valence-corrected chi connectivity index (χ1v) is 7.77. The zero-order chi connectivity index (χ0) is 13.1. The third kappa shape index (κ3) is 3.18. The second-order valence-corrected chi connectivity index (χ2v) is 6.23. The van der Waals surface area contributed by atoms with E-state index in [4.69, 9.17) is 0 Å². The normalized spacial score (nSPS) is 30.7. The third-order valence-corrected chi connectivity index (χ3v) is 4.96. The summed E-state index contributed by atoms with van der Waals surface area (Å²) in [6.07, 6.45) is 6.52. The summed E-state index contributed by atoms with van der Waals surface area (Å²) in [7, 11) is 0. The van der Waals surface area contributed by atoms with Gasteiger partial charge in [-0.05, 0) is 42.6 Å². The third-order valence-electron chi connectivity index (χ3n) is 4.96. The predicted molar refractivity (Wildman–Crippen MR) is 78.1 cm³/mol. The Hall–Kier alpha value is -0.860. The van der Waals surface area contributed by atoms with Crippen molar-refractivity contribution in [2.75, 3.05) is 13.2 Å². The highest BCUT2D eigenvalue weighted by atomic mass is 16.3. The van der Waals surface area contributed by atoms with Crippen LogP contribution in [0.5, 0.6) is 0 Å². The molecular weight excluding hydrogens is 234 g/mol. The lowest BCUT2D eigenvalue weighted by atomic mass is 9.92. The first-order chi connectivity index (χ1) is 9.38. The summed E-state index contributed by atoms with van der Waals surface area (Å²) in [6.45, 7) is 1.29. The monoisotopic (exact) mass is 259 g/mol. The molecule has 0 bridgehead atoms. The van der Waals surface area contributed by atoms with Crippen LogP contribution in [0.2, 0.25) is 0 Å². The van der Waals surface area contributed by atoms with E-state index in [-0.39, 0.29) is 6.61 Å². The Balaban J connectivity index is 1.56. The highest BCUT2D eigenvalue weighted by Gasteiger charge is 2.44. The smallest absolute Gasteiger partial charge is 0.0437 e. The molecule has 0 saturated heterocycles. The van der Waals surface area contributed by atoms with E-state index in [1.54, 1.807) is 0 Å². The van der Waals surface area contributed by atoms with Gasteiger partial charge in [0.2, 0.25) is 0 Å². The zero-order valence-corrected chi connectivity index (χ0v) is 11.6. The van der Waals surface area contributed by atoms with Gasteiger partial charge in [-0.1, -0.05) is 43.2 Å². The summed E-state index contributed by atoms with van der Waals surface area (Å²) >= 11 is 0. The molecular formula is C17H25NO. The Morgan fingerprint density at radius 2 is 2.05 bits per heavy atom. The Kier molecular flexibility index (Phi) is 4.19.